The Morgan fingerprint density at radius 2 is 2.11 bits per heavy atom. The summed E-state index contributed by atoms with van der Waals surface area (Å²) < 4.78 is 44.5. The van der Waals surface area contributed by atoms with Gasteiger partial charge in [0.05, 0.1) is 11.3 Å². The van der Waals surface area contributed by atoms with E-state index in [2.05, 4.69) is 4.98 Å². The number of ether oxygens (including phenoxy) is 1. The van der Waals surface area contributed by atoms with E-state index in [0.717, 1.165) is 12.1 Å². The van der Waals surface area contributed by atoms with E-state index in [1.807, 2.05) is 0 Å². The first-order chi connectivity index (χ1) is 8.88. The normalized spacial score (nSPS) is 11.6. The molecule has 2 aromatic rings. The van der Waals surface area contributed by atoms with Crippen LogP contribution >= 0.6 is 0 Å². The molecular weight excluding hydrogens is 259 g/mol. The molecule has 2 N–H and O–H groups in total. The number of hydrogen-bond donors (Lipinski definition) is 1. The predicted molar refractivity (Wildman–Crippen MR) is 63.4 cm³/mol. The molecule has 0 aliphatic rings. The number of nitrogen functional groups attached to an aromatic ring is 1. The Labute approximate surface area is 107 Å². The van der Waals surface area contributed by atoms with Gasteiger partial charge in [-0.25, -0.2) is 4.98 Å². The Morgan fingerprint density at radius 3 is 2.63 bits per heavy atom. The molecule has 0 spiro atoms. The lowest BCUT2D eigenvalue weighted by atomic mass is 10.2. The van der Waals surface area contributed by atoms with Gasteiger partial charge in [0.1, 0.15) is 18.2 Å². The van der Waals surface area contributed by atoms with Crippen molar-refractivity contribution in [2.75, 3.05) is 5.73 Å². The number of aromatic nitrogens is 2. The van der Waals surface area contributed by atoms with E-state index in [1.165, 1.54) is 6.07 Å². The highest BCUT2D eigenvalue weighted by atomic mass is 19.4. The second-order valence-electron chi connectivity index (χ2n) is 3.99. The van der Waals surface area contributed by atoms with Gasteiger partial charge in [0.2, 0.25) is 0 Å². The number of nitrogens with zero attached hydrogens (tertiary/aromatic N) is 2. The van der Waals surface area contributed by atoms with Crippen molar-refractivity contribution in [3.05, 3.63) is 42.0 Å². The van der Waals surface area contributed by atoms with Gasteiger partial charge >= 0.3 is 6.18 Å². The summed E-state index contributed by atoms with van der Waals surface area (Å²) in [6.45, 7) is 0.138. The summed E-state index contributed by atoms with van der Waals surface area (Å²) in [7, 11) is 1.79. The van der Waals surface area contributed by atoms with Gasteiger partial charge in [-0.15, -0.1) is 0 Å². The van der Waals surface area contributed by atoms with Gasteiger partial charge in [0, 0.05) is 19.4 Å². The standard InChI is InChI=1S/C12H12F3N3O/c1-18-5-4-17-11(18)7-19-10-3-2-8(6-9(10)16)12(13,14)15/h2-6H,7,16H2,1H3. The molecule has 1 aromatic heterocycles. The lowest BCUT2D eigenvalue weighted by Crippen LogP contribution is -2.08. The quantitative estimate of drug-likeness (QED) is 0.873. The van der Waals surface area contributed by atoms with Gasteiger partial charge in [-0.05, 0) is 18.2 Å². The van der Waals surface area contributed by atoms with Crippen LogP contribution in [0, 0.1) is 0 Å². The van der Waals surface area contributed by atoms with Gasteiger partial charge < -0.3 is 15.0 Å². The first-order valence-electron chi connectivity index (χ1n) is 5.43. The van der Waals surface area contributed by atoms with Crippen molar-refractivity contribution in [1.82, 2.24) is 9.55 Å². The van der Waals surface area contributed by atoms with Crippen LogP contribution in [0.25, 0.3) is 0 Å². The van der Waals surface area contributed by atoms with Crippen LogP contribution in [0.4, 0.5) is 18.9 Å². The fourth-order valence-electron chi connectivity index (χ4n) is 1.53. The Hall–Kier alpha value is -2.18. The number of rotatable bonds is 3. The largest absolute Gasteiger partial charge is 0.484 e. The van der Waals surface area contributed by atoms with E-state index in [1.54, 1.807) is 24.0 Å². The van der Waals surface area contributed by atoms with Crippen molar-refractivity contribution in [3.63, 3.8) is 0 Å². The summed E-state index contributed by atoms with van der Waals surface area (Å²) in [5.41, 5.74) is 4.69. The minimum absolute atomic E-state index is 0.0518. The van der Waals surface area contributed by atoms with Crippen LogP contribution < -0.4 is 10.5 Å². The van der Waals surface area contributed by atoms with Crippen LogP contribution in [-0.2, 0) is 19.8 Å². The lowest BCUT2D eigenvalue weighted by Gasteiger charge is -2.12. The maximum absolute atomic E-state index is 12.5. The molecule has 1 aromatic carbocycles. The lowest BCUT2D eigenvalue weighted by molar-refractivity contribution is -0.137. The number of benzene rings is 1. The predicted octanol–water partition coefficient (Wildman–Crippen LogP) is 2.60. The second kappa shape index (κ2) is 4.83. The van der Waals surface area contributed by atoms with Crippen molar-refractivity contribution < 1.29 is 17.9 Å². The van der Waals surface area contributed by atoms with Crippen molar-refractivity contribution >= 4 is 5.69 Å². The summed E-state index contributed by atoms with van der Waals surface area (Å²) in [5, 5.41) is 0. The van der Waals surface area contributed by atoms with Gasteiger partial charge in [0.15, 0.2) is 0 Å². The molecule has 2 rings (SSSR count). The van der Waals surface area contributed by atoms with Crippen LogP contribution in [0.3, 0.4) is 0 Å². The zero-order valence-electron chi connectivity index (χ0n) is 10.1. The third-order valence-corrected chi connectivity index (χ3v) is 2.61. The second-order valence-corrected chi connectivity index (χ2v) is 3.99. The number of halogens is 3. The van der Waals surface area contributed by atoms with Crippen LogP contribution in [0.15, 0.2) is 30.6 Å². The van der Waals surface area contributed by atoms with Gasteiger partial charge in [0.25, 0.3) is 0 Å². The third-order valence-electron chi connectivity index (χ3n) is 2.61. The summed E-state index contributed by atoms with van der Waals surface area (Å²) in [5.74, 6) is 0.857. The molecule has 19 heavy (non-hydrogen) atoms. The zero-order valence-corrected chi connectivity index (χ0v) is 10.1. The Kier molecular flexibility index (Phi) is 3.37. The number of imidazole rings is 1. The first-order valence-corrected chi connectivity index (χ1v) is 5.43. The molecule has 0 amide bonds. The fourth-order valence-corrected chi connectivity index (χ4v) is 1.53. The van der Waals surface area contributed by atoms with E-state index in [0.29, 0.717) is 5.82 Å². The van der Waals surface area contributed by atoms with Gasteiger partial charge in [-0.3, -0.25) is 0 Å². The van der Waals surface area contributed by atoms with Crippen molar-refractivity contribution in [2.45, 2.75) is 12.8 Å². The summed E-state index contributed by atoms with van der Waals surface area (Å²) in [6.07, 6.45) is -1.06. The summed E-state index contributed by atoms with van der Waals surface area (Å²) in [4.78, 5) is 4.03. The molecule has 4 nitrogen and oxygen atoms in total. The number of nitrogens with two attached hydrogens (primary N) is 1. The van der Waals surface area contributed by atoms with Gasteiger partial charge in [-0.1, -0.05) is 0 Å². The average Bonchev–Trinajstić information content (AvgIpc) is 2.72. The molecule has 0 aliphatic heterocycles. The third kappa shape index (κ3) is 2.98. The van der Waals surface area contributed by atoms with Crippen molar-refractivity contribution in [1.29, 1.82) is 0 Å². The van der Waals surface area contributed by atoms with Crippen LogP contribution in [-0.4, -0.2) is 9.55 Å². The number of anilines is 1. The molecule has 0 aliphatic carbocycles. The highest BCUT2D eigenvalue weighted by Crippen LogP contribution is 2.33. The molecular formula is C12H12F3N3O. The maximum Gasteiger partial charge on any atom is 0.416 e. The van der Waals surface area contributed by atoms with Crippen molar-refractivity contribution in [3.8, 4) is 5.75 Å². The Balaban J connectivity index is 2.12. The topological polar surface area (TPSA) is 53.1 Å². The molecule has 0 saturated carbocycles. The van der Waals surface area contributed by atoms with Crippen LogP contribution in [0.2, 0.25) is 0 Å². The molecule has 0 saturated heterocycles. The molecule has 7 heteroatoms. The van der Waals surface area contributed by atoms with E-state index >= 15 is 0 Å². The zero-order chi connectivity index (χ0) is 14.0. The van der Waals surface area contributed by atoms with Crippen molar-refractivity contribution in [2.24, 2.45) is 7.05 Å². The minimum atomic E-state index is -4.41. The van der Waals surface area contributed by atoms with E-state index < -0.39 is 11.7 Å². The maximum atomic E-state index is 12.5. The first kappa shape index (κ1) is 13.3. The Bertz CT molecular complexity index is 578. The monoisotopic (exact) mass is 271 g/mol. The molecule has 0 radical (unpaired) electrons. The molecule has 0 atom stereocenters. The highest BCUT2D eigenvalue weighted by molar-refractivity contribution is 5.54. The molecule has 1 heterocycles. The minimum Gasteiger partial charge on any atom is -0.484 e. The summed E-state index contributed by atoms with van der Waals surface area (Å²) in [6, 6.07) is 3.00. The Morgan fingerprint density at radius 1 is 1.37 bits per heavy atom. The van der Waals surface area contributed by atoms with Crippen LogP contribution in [0.1, 0.15) is 11.4 Å². The number of alkyl halides is 3. The molecule has 0 fully saturated rings. The number of aryl methyl sites for hydroxylation is 1. The summed E-state index contributed by atoms with van der Waals surface area (Å²) >= 11 is 0. The van der Waals surface area contributed by atoms with E-state index in [9.17, 15) is 13.2 Å². The van der Waals surface area contributed by atoms with E-state index in [-0.39, 0.29) is 18.0 Å². The highest BCUT2D eigenvalue weighted by Gasteiger charge is 2.30. The average molecular weight is 271 g/mol. The van der Waals surface area contributed by atoms with E-state index in [4.69, 9.17) is 10.5 Å². The molecule has 0 bridgehead atoms. The molecule has 0 unspecified atom stereocenters. The smallest absolute Gasteiger partial charge is 0.416 e. The SMILES string of the molecule is Cn1ccnc1COc1ccc(C(F)(F)F)cc1N. The number of hydrogen-bond acceptors (Lipinski definition) is 3. The van der Waals surface area contributed by atoms with Gasteiger partial charge in [-0.2, -0.15) is 13.2 Å². The van der Waals surface area contributed by atoms with Crippen LogP contribution in [0.5, 0.6) is 5.75 Å². The molecule has 102 valence electrons. The fraction of sp³-hybridized carbons (Fsp3) is 0.250.